The van der Waals surface area contributed by atoms with Crippen molar-refractivity contribution in [1.29, 1.82) is 0 Å². The monoisotopic (exact) mass is 525 g/mol. The molecule has 1 fully saturated rings. The van der Waals surface area contributed by atoms with Crippen LogP contribution in [0.25, 0.3) is 0 Å². The number of aryl methyl sites for hydroxylation is 2. The van der Waals surface area contributed by atoms with Crippen LogP contribution in [0.4, 0.5) is 16.0 Å². The van der Waals surface area contributed by atoms with E-state index in [9.17, 15) is 4.79 Å². The van der Waals surface area contributed by atoms with Gasteiger partial charge in [-0.05, 0) is 70.0 Å². The number of aromatic nitrogens is 2. The molecule has 0 aliphatic carbocycles. The molecule has 1 amide bonds. The van der Waals surface area contributed by atoms with Crippen molar-refractivity contribution < 1.29 is 19.0 Å². The lowest BCUT2D eigenvalue weighted by atomic mass is 10.1. The zero-order valence-electron chi connectivity index (χ0n) is 22.2. The van der Waals surface area contributed by atoms with Crippen LogP contribution in [0, 0.1) is 13.8 Å². The highest BCUT2D eigenvalue weighted by Gasteiger charge is 2.23. The average molecular weight is 526 g/mol. The van der Waals surface area contributed by atoms with Crippen LogP contribution in [0.2, 0.25) is 0 Å². The van der Waals surface area contributed by atoms with Gasteiger partial charge in [0.15, 0.2) is 11.5 Å². The minimum Gasteiger partial charge on any atom is -0.490 e. The van der Waals surface area contributed by atoms with E-state index in [0.717, 1.165) is 31.3 Å². The van der Waals surface area contributed by atoms with Crippen molar-refractivity contribution in [2.45, 2.75) is 34.6 Å². The highest BCUT2D eigenvalue weighted by molar-refractivity contribution is 7.19. The maximum absolute atomic E-state index is 13.1. The largest absolute Gasteiger partial charge is 0.490 e. The first kappa shape index (κ1) is 26.5. The van der Waals surface area contributed by atoms with Gasteiger partial charge in [-0.15, -0.1) is 10.2 Å². The average Bonchev–Trinajstić information content (AvgIpc) is 3.34. The van der Waals surface area contributed by atoms with Crippen LogP contribution in [0.15, 0.2) is 30.3 Å². The van der Waals surface area contributed by atoms with E-state index in [1.807, 2.05) is 20.8 Å². The highest BCUT2D eigenvalue weighted by atomic mass is 32.1. The van der Waals surface area contributed by atoms with E-state index >= 15 is 0 Å². The maximum atomic E-state index is 13.1. The molecule has 0 radical (unpaired) electrons. The van der Waals surface area contributed by atoms with Crippen molar-refractivity contribution in [2.24, 2.45) is 0 Å². The molecule has 37 heavy (non-hydrogen) atoms. The van der Waals surface area contributed by atoms with Crippen molar-refractivity contribution in [3.05, 3.63) is 47.0 Å². The summed E-state index contributed by atoms with van der Waals surface area (Å²) < 4.78 is 17.2. The fraction of sp³-hybridized carbons (Fsp3) is 0.444. The molecule has 2 heterocycles. The third kappa shape index (κ3) is 6.43. The molecule has 1 saturated heterocycles. The van der Waals surface area contributed by atoms with Gasteiger partial charge in [0.1, 0.15) is 0 Å². The van der Waals surface area contributed by atoms with Gasteiger partial charge in [-0.2, -0.15) is 0 Å². The molecule has 0 spiro atoms. The molecule has 2 aromatic carbocycles. The summed E-state index contributed by atoms with van der Waals surface area (Å²) in [7, 11) is 0. The third-order valence-electron chi connectivity index (χ3n) is 5.93. The van der Waals surface area contributed by atoms with Crippen molar-refractivity contribution >= 4 is 33.2 Å². The molecule has 4 rings (SSSR count). The molecule has 1 N–H and O–H groups in total. The molecule has 0 atom stereocenters. The number of carbonyl (C=O) groups is 1. The number of ether oxygens (including phenoxy) is 3. The van der Waals surface area contributed by atoms with Crippen molar-refractivity contribution in [2.75, 3.05) is 61.1 Å². The zero-order chi connectivity index (χ0) is 26.4. The van der Waals surface area contributed by atoms with Gasteiger partial charge in [0.25, 0.3) is 5.91 Å². The fourth-order valence-corrected chi connectivity index (χ4v) is 5.16. The van der Waals surface area contributed by atoms with E-state index in [0.29, 0.717) is 47.8 Å². The molecular weight excluding hydrogens is 490 g/mol. The van der Waals surface area contributed by atoms with Crippen molar-refractivity contribution in [3.8, 4) is 17.2 Å². The highest BCUT2D eigenvalue weighted by Crippen LogP contribution is 2.39. The summed E-state index contributed by atoms with van der Waals surface area (Å²) in [6.45, 7) is 14.7. The number of carbonyl (C=O) groups excluding carboxylic acids is 1. The molecule has 1 aromatic heterocycles. The van der Waals surface area contributed by atoms with Gasteiger partial charge >= 0.3 is 0 Å². The minimum absolute atomic E-state index is 0.313. The lowest BCUT2D eigenvalue weighted by Crippen LogP contribution is -2.46. The second-order valence-electron chi connectivity index (χ2n) is 8.76. The lowest BCUT2D eigenvalue weighted by Gasteiger charge is -2.36. The molecule has 0 bridgehead atoms. The Balaban J connectivity index is 1.43. The smallest absolute Gasteiger partial charge is 0.257 e. The summed E-state index contributed by atoms with van der Waals surface area (Å²) in [6, 6.07) is 9.99. The molecule has 1 aliphatic heterocycles. The molecule has 198 valence electrons. The summed E-state index contributed by atoms with van der Waals surface area (Å²) in [4.78, 5) is 17.7. The second kappa shape index (κ2) is 12.1. The minimum atomic E-state index is -0.313. The first-order valence-corrected chi connectivity index (χ1v) is 13.5. The number of rotatable bonds is 10. The maximum Gasteiger partial charge on any atom is 0.257 e. The number of anilines is 3. The normalized spacial score (nSPS) is 13.4. The molecular formula is C27H35N5O4S. The van der Waals surface area contributed by atoms with E-state index in [1.165, 1.54) is 28.2 Å². The Morgan fingerprint density at radius 1 is 0.838 bits per heavy atom. The number of hydrogen-bond donors (Lipinski definition) is 1. The van der Waals surface area contributed by atoms with Gasteiger partial charge in [0, 0.05) is 37.4 Å². The first-order valence-electron chi connectivity index (χ1n) is 12.7. The summed E-state index contributed by atoms with van der Waals surface area (Å²) >= 11 is 1.37. The number of hydrogen-bond acceptors (Lipinski definition) is 9. The van der Waals surface area contributed by atoms with Crippen LogP contribution in [0.5, 0.6) is 17.2 Å². The van der Waals surface area contributed by atoms with E-state index in [-0.39, 0.29) is 5.91 Å². The summed E-state index contributed by atoms with van der Waals surface area (Å²) in [5.74, 6) is 1.13. The van der Waals surface area contributed by atoms with Gasteiger partial charge in [0.05, 0.1) is 19.8 Å². The van der Waals surface area contributed by atoms with Gasteiger partial charge in [-0.1, -0.05) is 17.4 Å². The fourth-order valence-electron chi connectivity index (χ4n) is 4.37. The van der Waals surface area contributed by atoms with Gasteiger partial charge < -0.3 is 24.0 Å². The molecule has 0 saturated carbocycles. The van der Waals surface area contributed by atoms with Crippen LogP contribution in [0.3, 0.4) is 0 Å². The molecule has 9 nitrogen and oxygen atoms in total. The second-order valence-corrected chi connectivity index (χ2v) is 9.72. The van der Waals surface area contributed by atoms with E-state index in [4.69, 9.17) is 14.2 Å². The standard InChI is InChI=1S/C27H35N5O4S/c1-6-34-22-16-20(17-23(35-7-2)24(22)36-8-3)25(33)28-26-29-30-27(37-26)32-11-9-31(10-12-32)21-14-18(4)13-19(5)15-21/h13-17H,6-12H2,1-5H3,(H,28,29,33). The first-order chi connectivity index (χ1) is 17.9. The molecule has 3 aromatic rings. The van der Waals surface area contributed by atoms with E-state index in [1.54, 1.807) is 12.1 Å². The van der Waals surface area contributed by atoms with Crippen LogP contribution in [-0.2, 0) is 0 Å². The zero-order valence-corrected chi connectivity index (χ0v) is 23.0. The van der Waals surface area contributed by atoms with Gasteiger partial charge in [0.2, 0.25) is 16.0 Å². The van der Waals surface area contributed by atoms with Crippen molar-refractivity contribution in [3.63, 3.8) is 0 Å². The number of amides is 1. The van der Waals surface area contributed by atoms with Crippen LogP contribution < -0.4 is 29.3 Å². The number of nitrogens with one attached hydrogen (secondary N) is 1. The lowest BCUT2D eigenvalue weighted by molar-refractivity contribution is 0.102. The topological polar surface area (TPSA) is 89.0 Å². The van der Waals surface area contributed by atoms with Crippen LogP contribution >= 0.6 is 11.3 Å². The predicted octanol–water partition coefficient (Wildman–Crippen LogP) is 4.93. The predicted molar refractivity (Wildman–Crippen MR) is 148 cm³/mol. The van der Waals surface area contributed by atoms with Crippen LogP contribution in [0.1, 0.15) is 42.3 Å². The Kier molecular flexibility index (Phi) is 8.70. The van der Waals surface area contributed by atoms with Gasteiger partial charge in [-0.25, -0.2) is 0 Å². The molecule has 1 aliphatic rings. The molecule has 0 unspecified atom stereocenters. The summed E-state index contributed by atoms with van der Waals surface area (Å²) in [5.41, 5.74) is 4.21. The Morgan fingerprint density at radius 2 is 1.41 bits per heavy atom. The summed E-state index contributed by atoms with van der Waals surface area (Å²) in [5, 5.41) is 12.7. The molecule has 10 heteroatoms. The van der Waals surface area contributed by atoms with Gasteiger partial charge in [-0.3, -0.25) is 10.1 Å². The number of nitrogens with zero attached hydrogens (tertiary/aromatic N) is 4. The quantitative estimate of drug-likeness (QED) is 0.399. The Bertz CT molecular complexity index is 1180. The Morgan fingerprint density at radius 3 is 1.97 bits per heavy atom. The number of benzene rings is 2. The number of piperazine rings is 1. The van der Waals surface area contributed by atoms with Crippen LogP contribution in [-0.4, -0.2) is 62.1 Å². The summed E-state index contributed by atoms with van der Waals surface area (Å²) in [6.07, 6.45) is 0. The Labute approximate surface area is 222 Å². The Hall–Kier alpha value is -3.53. The van der Waals surface area contributed by atoms with E-state index in [2.05, 4.69) is 57.4 Å². The van der Waals surface area contributed by atoms with Crippen molar-refractivity contribution in [1.82, 2.24) is 10.2 Å². The SMILES string of the molecule is CCOc1cc(C(=O)Nc2nnc(N3CCN(c4cc(C)cc(C)c4)CC3)s2)cc(OCC)c1OCC. The third-order valence-corrected chi connectivity index (χ3v) is 6.83. The van der Waals surface area contributed by atoms with E-state index < -0.39 is 0 Å².